The number of hydrogen-bond acceptors (Lipinski definition) is 5. The van der Waals surface area contributed by atoms with Crippen LogP contribution in [0.1, 0.15) is 10.4 Å². The number of carbonyl (C=O) groups is 2. The molecule has 1 aromatic carbocycles. The van der Waals surface area contributed by atoms with Gasteiger partial charge in [0, 0.05) is 12.7 Å². The standard InChI is InChI=1S/C13H16O5/c1-16-7-8-17-9-10-18-13(15)12(14)11-5-3-2-4-6-11/h2-6H,7-10H2,1H3. The van der Waals surface area contributed by atoms with E-state index in [4.69, 9.17) is 14.2 Å². The van der Waals surface area contributed by atoms with Gasteiger partial charge in [-0.15, -0.1) is 0 Å². The lowest BCUT2D eigenvalue weighted by molar-refractivity contribution is -0.139. The molecule has 5 nitrogen and oxygen atoms in total. The van der Waals surface area contributed by atoms with Crippen molar-refractivity contribution in [2.24, 2.45) is 0 Å². The van der Waals surface area contributed by atoms with E-state index in [0.29, 0.717) is 18.8 Å². The van der Waals surface area contributed by atoms with Crippen LogP contribution in [0.5, 0.6) is 0 Å². The Morgan fingerprint density at radius 1 is 1.00 bits per heavy atom. The molecule has 0 aliphatic rings. The highest BCUT2D eigenvalue weighted by Crippen LogP contribution is 2.01. The molecular formula is C13H16O5. The summed E-state index contributed by atoms with van der Waals surface area (Å²) in [5.74, 6) is -1.51. The smallest absolute Gasteiger partial charge is 0.379 e. The van der Waals surface area contributed by atoms with E-state index in [2.05, 4.69) is 0 Å². The van der Waals surface area contributed by atoms with Gasteiger partial charge < -0.3 is 14.2 Å². The van der Waals surface area contributed by atoms with Gasteiger partial charge in [0.25, 0.3) is 5.78 Å². The number of hydrogen-bond donors (Lipinski definition) is 0. The van der Waals surface area contributed by atoms with Gasteiger partial charge in [-0.1, -0.05) is 30.3 Å². The topological polar surface area (TPSA) is 61.8 Å². The predicted molar refractivity (Wildman–Crippen MR) is 64.4 cm³/mol. The quantitative estimate of drug-likeness (QED) is 0.300. The normalized spacial score (nSPS) is 10.1. The molecule has 98 valence electrons. The fraction of sp³-hybridized carbons (Fsp3) is 0.385. The summed E-state index contributed by atoms with van der Waals surface area (Å²) >= 11 is 0. The molecule has 0 saturated carbocycles. The van der Waals surface area contributed by atoms with E-state index >= 15 is 0 Å². The van der Waals surface area contributed by atoms with Crippen molar-refractivity contribution >= 4 is 11.8 Å². The number of Topliss-reactive ketones (excluding diaryl/α,β-unsaturated/α-hetero) is 1. The van der Waals surface area contributed by atoms with Crippen LogP contribution in [0, 0.1) is 0 Å². The van der Waals surface area contributed by atoms with E-state index in [1.165, 1.54) is 0 Å². The van der Waals surface area contributed by atoms with E-state index < -0.39 is 11.8 Å². The Morgan fingerprint density at radius 2 is 1.67 bits per heavy atom. The molecule has 0 aliphatic carbocycles. The molecule has 0 saturated heterocycles. The summed E-state index contributed by atoms with van der Waals surface area (Å²) in [6.07, 6.45) is 0. The van der Waals surface area contributed by atoms with Crippen molar-refractivity contribution in [3.8, 4) is 0 Å². The molecule has 18 heavy (non-hydrogen) atoms. The van der Waals surface area contributed by atoms with E-state index in [9.17, 15) is 9.59 Å². The summed E-state index contributed by atoms with van der Waals surface area (Å²) in [6.45, 7) is 1.22. The van der Waals surface area contributed by atoms with Gasteiger partial charge in [0.2, 0.25) is 0 Å². The highest BCUT2D eigenvalue weighted by Gasteiger charge is 2.16. The molecule has 1 rings (SSSR count). The third-order valence-corrected chi connectivity index (χ3v) is 2.11. The maximum absolute atomic E-state index is 11.6. The van der Waals surface area contributed by atoms with E-state index in [1.807, 2.05) is 0 Å². The highest BCUT2D eigenvalue weighted by molar-refractivity contribution is 6.40. The first-order chi connectivity index (χ1) is 8.75. The van der Waals surface area contributed by atoms with Crippen molar-refractivity contribution in [1.29, 1.82) is 0 Å². The van der Waals surface area contributed by atoms with Gasteiger partial charge in [-0.2, -0.15) is 0 Å². The molecule has 0 fully saturated rings. The Morgan fingerprint density at radius 3 is 2.33 bits per heavy atom. The summed E-state index contributed by atoms with van der Waals surface area (Å²) in [7, 11) is 1.57. The molecular weight excluding hydrogens is 236 g/mol. The van der Waals surface area contributed by atoms with Crippen LogP contribution in [0.4, 0.5) is 0 Å². The predicted octanol–water partition coefficient (Wildman–Crippen LogP) is 1.08. The average molecular weight is 252 g/mol. The van der Waals surface area contributed by atoms with E-state index in [-0.39, 0.29) is 13.2 Å². The third kappa shape index (κ3) is 5.07. The molecule has 0 heterocycles. The molecule has 0 spiro atoms. The molecule has 0 aliphatic heterocycles. The van der Waals surface area contributed by atoms with Crippen LogP contribution in [-0.2, 0) is 19.0 Å². The van der Waals surface area contributed by atoms with Crippen LogP contribution in [-0.4, -0.2) is 45.3 Å². The molecule has 0 N–H and O–H groups in total. The van der Waals surface area contributed by atoms with Crippen molar-refractivity contribution in [3.05, 3.63) is 35.9 Å². The minimum Gasteiger partial charge on any atom is -0.457 e. The largest absolute Gasteiger partial charge is 0.457 e. The fourth-order valence-electron chi connectivity index (χ4n) is 1.21. The third-order valence-electron chi connectivity index (χ3n) is 2.11. The maximum atomic E-state index is 11.6. The zero-order chi connectivity index (χ0) is 13.2. The van der Waals surface area contributed by atoms with E-state index in [0.717, 1.165) is 0 Å². The Hall–Kier alpha value is -1.72. The molecule has 5 heteroatoms. The zero-order valence-electron chi connectivity index (χ0n) is 10.3. The second-order valence-corrected chi connectivity index (χ2v) is 3.44. The van der Waals surface area contributed by atoms with Gasteiger partial charge >= 0.3 is 5.97 Å². The lowest BCUT2D eigenvalue weighted by atomic mass is 10.1. The first-order valence-electron chi connectivity index (χ1n) is 5.59. The Labute approximate surface area is 106 Å². The highest BCUT2D eigenvalue weighted by atomic mass is 16.6. The molecule has 0 atom stereocenters. The number of benzene rings is 1. The molecule has 1 aromatic rings. The number of carbonyl (C=O) groups excluding carboxylic acids is 2. The van der Waals surface area contributed by atoms with Crippen molar-refractivity contribution in [2.45, 2.75) is 0 Å². The van der Waals surface area contributed by atoms with Crippen molar-refractivity contribution in [3.63, 3.8) is 0 Å². The van der Waals surface area contributed by atoms with Crippen LogP contribution in [0.2, 0.25) is 0 Å². The van der Waals surface area contributed by atoms with Gasteiger partial charge in [0.05, 0.1) is 19.8 Å². The number of ether oxygens (including phenoxy) is 3. The Balaban J connectivity index is 2.23. The second-order valence-electron chi connectivity index (χ2n) is 3.44. The first-order valence-corrected chi connectivity index (χ1v) is 5.59. The molecule has 0 bridgehead atoms. The van der Waals surface area contributed by atoms with Crippen molar-refractivity contribution in [2.75, 3.05) is 33.5 Å². The van der Waals surface area contributed by atoms with Gasteiger partial charge in [0.1, 0.15) is 6.61 Å². The van der Waals surface area contributed by atoms with Gasteiger partial charge in [-0.3, -0.25) is 4.79 Å². The van der Waals surface area contributed by atoms with Gasteiger partial charge in [0.15, 0.2) is 0 Å². The van der Waals surface area contributed by atoms with Gasteiger partial charge in [-0.25, -0.2) is 4.79 Å². The summed E-state index contributed by atoms with van der Waals surface area (Å²) in [5, 5.41) is 0. The van der Waals surface area contributed by atoms with Crippen molar-refractivity contribution < 1.29 is 23.8 Å². The SMILES string of the molecule is COCCOCCOC(=O)C(=O)c1ccccc1. The summed E-state index contributed by atoms with van der Waals surface area (Å²) in [5.41, 5.74) is 0.322. The van der Waals surface area contributed by atoms with Crippen molar-refractivity contribution in [1.82, 2.24) is 0 Å². The summed E-state index contributed by atoms with van der Waals surface area (Å²) in [4.78, 5) is 23.0. The van der Waals surface area contributed by atoms with Crippen LogP contribution in [0.3, 0.4) is 0 Å². The number of esters is 1. The average Bonchev–Trinajstić information content (AvgIpc) is 2.42. The maximum Gasteiger partial charge on any atom is 0.379 e. The van der Waals surface area contributed by atoms with Crippen LogP contribution >= 0.6 is 0 Å². The monoisotopic (exact) mass is 252 g/mol. The first kappa shape index (κ1) is 14.3. The zero-order valence-corrected chi connectivity index (χ0v) is 10.3. The summed E-state index contributed by atoms with van der Waals surface area (Å²) in [6, 6.07) is 8.28. The Bertz CT molecular complexity index is 374. The molecule has 0 aromatic heterocycles. The molecule has 0 amide bonds. The van der Waals surface area contributed by atoms with Crippen LogP contribution < -0.4 is 0 Å². The number of rotatable bonds is 8. The fourth-order valence-corrected chi connectivity index (χ4v) is 1.21. The lowest BCUT2D eigenvalue weighted by Crippen LogP contribution is -2.20. The minimum atomic E-state index is -0.864. The number of ketones is 1. The van der Waals surface area contributed by atoms with Crippen LogP contribution in [0.25, 0.3) is 0 Å². The van der Waals surface area contributed by atoms with E-state index in [1.54, 1.807) is 37.4 Å². The minimum absolute atomic E-state index is 0.0567. The number of methoxy groups -OCH3 is 1. The molecule has 0 radical (unpaired) electrons. The van der Waals surface area contributed by atoms with Gasteiger partial charge in [-0.05, 0) is 0 Å². The molecule has 0 unspecified atom stereocenters. The summed E-state index contributed by atoms with van der Waals surface area (Å²) < 4.78 is 14.7. The lowest BCUT2D eigenvalue weighted by Gasteiger charge is -2.05. The Kier molecular flexibility index (Phi) is 6.68. The van der Waals surface area contributed by atoms with Crippen LogP contribution in [0.15, 0.2) is 30.3 Å². The second kappa shape index (κ2) is 8.38.